The SMILES string of the molecule is C[C@@H]1CN(c2ncccc2Cl)CCN1C(=O)Nc1ccc(N2CCCCC2)cc1. The molecule has 0 unspecified atom stereocenters. The van der Waals surface area contributed by atoms with Crippen molar-refractivity contribution in [3.63, 3.8) is 0 Å². The number of urea groups is 1. The predicted molar refractivity (Wildman–Crippen MR) is 119 cm³/mol. The van der Waals surface area contributed by atoms with E-state index >= 15 is 0 Å². The van der Waals surface area contributed by atoms with Gasteiger partial charge < -0.3 is 20.0 Å². The largest absolute Gasteiger partial charge is 0.372 e. The zero-order chi connectivity index (χ0) is 20.2. The Morgan fingerprint density at radius 3 is 2.48 bits per heavy atom. The summed E-state index contributed by atoms with van der Waals surface area (Å²) in [7, 11) is 0. The van der Waals surface area contributed by atoms with Crippen molar-refractivity contribution in [3.05, 3.63) is 47.6 Å². The maximum absolute atomic E-state index is 12.8. The summed E-state index contributed by atoms with van der Waals surface area (Å²) in [6.45, 7) is 6.34. The first-order valence-corrected chi connectivity index (χ1v) is 10.8. The van der Waals surface area contributed by atoms with E-state index in [0.717, 1.165) is 24.6 Å². The van der Waals surface area contributed by atoms with Gasteiger partial charge in [0.25, 0.3) is 0 Å². The van der Waals surface area contributed by atoms with Gasteiger partial charge in [-0.2, -0.15) is 0 Å². The van der Waals surface area contributed by atoms with E-state index in [1.54, 1.807) is 6.20 Å². The first-order valence-electron chi connectivity index (χ1n) is 10.4. The minimum absolute atomic E-state index is 0.0602. The molecule has 29 heavy (non-hydrogen) atoms. The van der Waals surface area contributed by atoms with Crippen LogP contribution in [0, 0.1) is 0 Å². The quantitative estimate of drug-likeness (QED) is 0.806. The fourth-order valence-corrected chi connectivity index (χ4v) is 4.41. The van der Waals surface area contributed by atoms with Crippen molar-refractivity contribution >= 4 is 34.8 Å². The molecule has 1 atom stereocenters. The topological polar surface area (TPSA) is 51.7 Å². The van der Waals surface area contributed by atoms with Gasteiger partial charge in [-0.1, -0.05) is 11.6 Å². The number of rotatable bonds is 3. The van der Waals surface area contributed by atoms with Gasteiger partial charge in [-0.15, -0.1) is 0 Å². The number of nitrogens with zero attached hydrogens (tertiary/aromatic N) is 4. The first-order chi connectivity index (χ1) is 14.1. The second-order valence-electron chi connectivity index (χ2n) is 7.82. The number of hydrogen-bond donors (Lipinski definition) is 1. The lowest BCUT2D eigenvalue weighted by Crippen LogP contribution is -2.55. The highest BCUT2D eigenvalue weighted by molar-refractivity contribution is 6.32. The minimum Gasteiger partial charge on any atom is -0.372 e. The van der Waals surface area contributed by atoms with Crippen LogP contribution in [0.25, 0.3) is 0 Å². The molecule has 7 heteroatoms. The van der Waals surface area contributed by atoms with Crippen LogP contribution in [-0.2, 0) is 0 Å². The smallest absolute Gasteiger partial charge is 0.322 e. The second-order valence-corrected chi connectivity index (χ2v) is 8.23. The summed E-state index contributed by atoms with van der Waals surface area (Å²) >= 11 is 6.28. The molecular weight excluding hydrogens is 386 g/mol. The molecule has 0 bridgehead atoms. The van der Waals surface area contributed by atoms with Gasteiger partial charge in [-0.05, 0) is 62.6 Å². The number of nitrogens with one attached hydrogen (secondary N) is 1. The van der Waals surface area contributed by atoms with Crippen LogP contribution in [-0.4, -0.2) is 54.7 Å². The fraction of sp³-hybridized carbons (Fsp3) is 0.455. The molecule has 2 aliphatic rings. The molecule has 154 valence electrons. The molecule has 2 amide bonds. The highest BCUT2D eigenvalue weighted by Gasteiger charge is 2.29. The molecule has 2 aromatic rings. The van der Waals surface area contributed by atoms with Gasteiger partial charge in [-0.3, -0.25) is 0 Å². The molecule has 1 aromatic carbocycles. The van der Waals surface area contributed by atoms with E-state index < -0.39 is 0 Å². The van der Waals surface area contributed by atoms with Gasteiger partial charge in [-0.25, -0.2) is 9.78 Å². The number of halogens is 1. The summed E-state index contributed by atoms with van der Waals surface area (Å²) in [6.07, 6.45) is 5.58. The maximum atomic E-state index is 12.8. The van der Waals surface area contributed by atoms with E-state index in [4.69, 9.17) is 11.6 Å². The van der Waals surface area contributed by atoms with Crippen LogP contribution in [0.5, 0.6) is 0 Å². The average molecular weight is 414 g/mol. The van der Waals surface area contributed by atoms with Crippen LogP contribution in [0.15, 0.2) is 42.6 Å². The standard InChI is InChI=1S/C22H28ClN5O/c1-17-16-27(21-20(23)6-5-11-24-21)14-15-28(17)22(29)25-18-7-9-19(10-8-18)26-12-3-2-4-13-26/h5-11,17H,2-4,12-16H2,1H3,(H,25,29)/t17-/m1/s1. The molecular formula is C22H28ClN5O. The van der Waals surface area contributed by atoms with Crippen molar-refractivity contribution < 1.29 is 4.79 Å². The molecule has 2 fully saturated rings. The third-order valence-corrected chi connectivity index (χ3v) is 6.06. The summed E-state index contributed by atoms with van der Waals surface area (Å²) in [6, 6.07) is 11.9. The van der Waals surface area contributed by atoms with Crippen LogP contribution in [0.4, 0.5) is 22.0 Å². The maximum Gasteiger partial charge on any atom is 0.322 e. The van der Waals surface area contributed by atoms with Gasteiger partial charge >= 0.3 is 6.03 Å². The molecule has 1 aromatic heterocycles. The van der Waals surface area contributed by atoms with Crippen LogP contribution in [0.3, 0.4) is 0 Å². The van der Waals surface area contributed by atoms with E-state index in [0.29, 0.717) is 24.7 Å². The highest BCUT2D eigenvalue weighted by atomic mass is 35.5. The van der Waals surface area contributed by atoms with Gasteiger partial charge in [0, 0.05) is 56.3 Å². The van der Waals surface area contributed by atoms with Crippen LogP contribution in [0.2, 0.25) is 5.02 Å². The predicted octanol–water partition coefficient (Wildman–Crippen LogP) is 4.47. The molecule has 0 radical (unpaired) electrons. The number of hydrogen-bond acceptors (Lipinski definition) is 4. The van der Waals surface area contributed by atoms with Crippen LogP contribution in [0.1, 0.15) is 26.2 Å². The van der Waals surface area contributed by atoms with Crippen LogP contribution < -0.4 is 15.1 Å². The molecule has 3 heterocycles. The Morgan fingerprint density at radius 2 is 1.79 bits per heavy atom. The molecule has 0 spiro atoms. The zero-order valence-corrected chi connectivity index (χ0v) is 17.6. The number of amides is 2. The lowest BCUT2D eigenvalue weighted by Gasteiger charge is -2.40. The number of aromatic nitrogens is 1. The van der Waals surface area contributed by atoms with E-state index in [1.165, 1.54) is 24.9 Å². The lowest BCUT2D eigenvalue weighted by molar-refractivity contribution is 0.184. The first kappa shape index (κ1) is 19.8. The van der Waals surface area contributed by atoms with E-state index in [9.17, 15) is 4.79 Å². The normalized spacial score (nSPS) is 19.9. The minimum atomic E-state index is -0.0602. The Balaban J connectivity index is 1.35. The number of pyridine rings is 1. The van der Waals surface area contributed by atoms with E-state index in [2.05, 4.69) is 39.2 Å². The average Bonchev–Trinajstić information content (AvgIpc) is 2.75. The van der Waals surface area contributed by atoms with Crippen molar-refractivity contribution in [2.45, 2.75) is 32.2 Å². The summed E-state index contributed by atoms with van der Waals surface area (Å²) in [5, 5.41) is 3.69. The van der Waals surface area contributed by atoms with Gasteiger partial charge in [0.05, 0.1) is 5.02 Å². The van der Waals surface area contributed by atoms with Crippen molar-refractivity contribution in [2.24, 2.45) is 0 Å². The number of piperazine rings is 1. The molecule has 0 saturated carbocycles. The summed E-state index contributed by atoms with van der Waals surface area (Å²) in [5.74, 6) is 0.786. The third-order valence-electron chi connectivity index (χ3n) is 5.77. The van der Waals surface area contributed by atoms with Gasteiger partial charge in [0.2, 0.25) is 0 Å². The molecule has 6 nitrogen and oxygen atoms in total. The Morgan fingerprint density at radius 1 is 1.03 bits per heavy atom. The molecule has 1 N–H and O–H groups in total. The van der Waals surface area contributed by atoms with E-state index in [-0.39, 0.29) is 12.1 Å². The van der Waals surface area contributed by atoms with Crippen molar-refractivity contribution in [1.29, 1.82) is 0 Å². The van der Waals surface area contributed by atoms with Crippen LogP contribution >= 0.6 is 11.6 Å². The number of piperidine rings is 1. The third kappa shape index (κ3) is 4.58. The van der Waals surface area contributed by atoms with E-state index in [1.807, 2.05) is 29.2 Å². The van der Waals surface area contributed by atoms with Crippen molar-refractivity contribution in [2.75, 3.05) is 47.8 Å². The Kier molecular flexibility index (Phi) is 6.09. The number of carbonyl (C=O) groups is 1. The summed E-state index contributed by atoms with van der Waals surface area (Å²) in [5.41, 5.74) is 2.06. The lowest BCUT2D eigenvalue weighted by atomic mass is 10.1. The van der Waals surface area contributed by atoms with Crippen molar-refractivity contribution in [3.8, 4) is 0 Å². The van der Waals surface area contributed by atoms with Gasteiger partial charge in [0.15, 0.2) is 0 Å². The molecule has 0 aliphatic carbocycles. The summed E-state index contributed by atoms with van der Waals surface area (Å²) < 4.78 is 0. The molecule has 2 aliphatic heterocycles. The summed E-state index contributed by atoms with van der Waals surface area (Å²) in [4.78, 5) is 23.7. The fourth-order valence-electron chi connectivity index (χ4n) is 4.16. The second kappa shape index (κ2) is 8.91. The Labute approximate surface area is 177 Å². The zero-order valence-electron chi connectivity index (χ0n) is 16.9. The van der Waals surface area contributed by atoms with Crippen molar-refractivity contribution in [1.82, 2.24) is 9.88 Å². The monoisotopic (exact) mass is 413 g/mol. The number of carbonyl (C=O) groups excluding carboxylic acids is 1. The molecule has 4 rings (SSSR count). The molecule has 2 saturated heterocycles. The number of benzene rings is 1. The van der Waals surface area contributed by atoms with Gasteiger partial charge in [0.1, 0.15) is 5.82 Å². The highest BCUT2D eigenvalue weighted by Crippen LogP contribution is 2.26. The number of anilines is 3. The Bertz CT molecular complexity index is 837. The Hall–Kier alpha value is -2.47.